The van der Waals surface area contributed by atoms with Crippen LogP contribution in [0.4, 0.5) is 5.69 Å². The van der Waals surface area contributed by atoms with Crippen LogP contribution in [0.1, 0.15) is 18.1 Å². The minimum absolute atomic E-state index is 0.147. The first-order valence-electron chi connectivity index (χ1n) is 7.42. The molecule has 0 spiro atoms. The maximum Gasteiger partial charge on any atom is 0.251 e. The van der Waals surface area contributed by atoms with E-state index in [0.717, 1.165) is 21.3 Å². The molecule has 0 aromatic heterocycles. The Morgan fingerprint density at radius 2 is 1.79 bits per heavy atom. The van der Waals surface area contributed by atoms with E-state index in [1.807, 2.05) is 49.4 Å². The second-order valence-corrected chi connectivity index (χ2v) is 6.21. The molecular weight excluding hydrogens is 370 g/mol. The monoisotopic (exact) mass is 389 g/mol. The highest BCUT2D eigenvalue weighted by Gasteiger charge is 2.08. The Morgan fingerprint density at radius 1 is 1.08 bits per heavy atom. The second kappa shape index (κ2) is 8.02. The maximum absolute atomic E-state index is 12.3. The molecule has 0 radical (unpaired) electrons. The summed E-state index contributed by atoms with van der Waals surface area (Å²) < 4.78 is 11.5. The highest BCUT2D eigenvalue weighted by atomic mass is 79.9. The zero-order valence-corrected chi connectivity index (χ0v) is 15.7. The molecule has 24 heavy (non-hydrogen) atoms. The Balaban J connectivity index is 2.17. The van der Waals surface area contributed by atoms with Crippen molar-refractivity contribution in [2.24, 2.45) is 0 Å². The topological polar surface area (TPSA) is 47.6 Å². The molecule has 0 unspecified atom stereocenters. The molecule has 2 rings (SSSR count). The number of nitrogens with one attached hydrogen (secondary N) is 1. The van der Waals surface area contributed by atoms with Crippen LogP contribution in [0.3, 0.4) is 0 Å². The summed E-state index contributed by atoms with van der Waals surface area (Å²) in [7, 11) is 3.17. The van der Waals surface area contributed by atoms with Crippen LogP contribution >= 0.6 is 15.9 Å². The van der Waals surface area contributed by atoms with E-state index in [0.29, 0.717) is 17.1 Å². The van der Waals surface area contributed by atoms with Crippen LogP contribution in [0.25, 0.3) is 6.08 Å². The van der Waals surface area contributed by atoms with Gasteiger partial charge in [0.15, 0.2) is 11.5 Å². The first-order valence-corrected chi connectivity index (χ1v) is 8.21. The van der Waals surface area contributed by atoms with Crippen LogP contribution in [0.15, 0.2) is 46.4 Å². The number of methoxy groups -OCH3 is 2. The number of carbonyl (C=O) groups excluding carboxylic acids is 1. The van der Waals surface area contributed by atoms with E-state index in [1.165, 1.54) is 0 Å². The fourth-order valence-electron chi connectivity index (χ4n) is 2.21. The highest BCUT2D eigenvalue weighted by Crippen LogP contribution is 2.28. The fourth-order valence-corrected chi connectivity index (χ4v) is 2.46. The summed E-state index contributed by atoms with van der Waals surface area (Å²) in [4.78, 5) is 12.3. The van der Waals surface area contributed by atoms with Crippen LogP contribution in [0.5, 0.6) is 11.5 Å². The minimum Gasteiger partial charge on any atom is -0.493 e. The second-order valence-electron chi connectivity index (χ2n) is 5.36. The summed E-state index contributed by atoms with van der Waals surface area (Å²) in [5.74, 6) is 1.14. The van der Waals surface area contributed by atoms with Gasteiger partial charge in [0, 0.05) is 15.7 Å². The van der Waals surface area contributed by atoms with Crippen LogP contribution in [0, 0.1) is 6.92 Å². The van der Waals surface area contributed by atoms with Gasteiger partial charge >= 0.3 is 0 Å². The first kappa shape index (κ1) is 18.1. The number of amides is 1. The number of aryl methyl sites for hydroxylation is 1. The van der Waals surface area contributed by atoms with E-state index in [2.05, 4.69) is 21.2 Å². The molecule has 0 fully saturated rings. The Kier molecular flexibility index (Phi) is 6.04. The molecule has 2 aromatic carbocycles. The Morgan fingerprint density at radius 3 is 2.42 bits per heavy atom. The third-order valence-electron chi connectivity index (χ3n) is 3.56. The summed E-state index contributed by atoms with van der Waals surface area (Å²) in [6.45, 7) is 3.75. The van der Waals surface area contributed by atoms with E-state index in [9.17, 15) is 4.79 Å². The van der Waals surface area contributed by atoms with Crippen LogP contribution in [-0.2, 0) is 4.79 Å². The van der Waals surface area contributed by atoms with E-state index in [4.69, 9.17) is 9.47 Å². The van der Waals surface area contributed by atoms with Crippen molar-refractivity contribution in [3.8, 4) is 11.5 Å². The van der Waals surface area contributed by atoms with Crippen molar-refractivity contribution in [2.75, 3.05) is 19.5 Å². The van der Waals surface area contributed by atoms with Gasteiger partial charge in [0.25, 0.3) is 5.91 Å². The van der Waals surface area contributed by atoms with E-state index >= 15 is 0 Å². The average Bonchev–Trinajstić information content (AvgIpc) is 2.57. The van der Waals surface area contributed by atoms with Gasteiger partial charge in [0.2, 0.25) is 0 Å². The number of benzene rings is 2. The SMILES string of the molecule is COc1ccc(/C=C(\C)C(=O)Nc2ccc(Br)c(C)c2)cc1OC. The van der Waals surface area contributed by atoms with Gasteiger partial charge in [0.05, 0.1) is 14.2 Å². The predicted octanol–water partition coefficient (Wildman–Crippen LogP) is 4.82. The van der Waals surface area contributed by atoms with Crippen molar-refractivity contribution in [3.05, 3.63) is 57.6 Å². The van der Waals surface area contributed by atoms with Crippen molar-refractivity contribution >= 4 is 33.6 Å². The van der Waals surface area contributed by atoms with Crippen molar-refractivity contribution in [2.45, 2.75) is 13.8 Å². The van der Waals surface area contributed by atoms with Gasteiger partial charge in [-0.25, -0.2) is 0 Å². The van der Waals surface area contributed by atoms with Crippen LogP contribution in [-0.4, -0.2) is 20.1 Å². The van der Waals surface area contributed by atoms with Gasteiger partial charge in [-0.2, -0.15) is 0 Å². The van der Waals surface area contributed by atoms with Crippen molar-refractivity contribution < 1.29 is 14.3 Å². The highest BCUT2D eigenvalue weighted by molar-refractivity contribution is 9.10. The largest absolute Gasteiger partial charge is 0.493 e. The summed E-state index contributed by atoms with van der Waals surface area (Å²) in [5, 5.41) is 2.90. The molecular formula is C19H20BrNO3. The summed E-state index contributed by atoms with van der Waals surface area (Å²) >= 11 is 3.45. The molecule has 126 valence electrons. The van der Waals surface area contributed by atoms with Gasteiger partial charge in [-0.05, 0) is 61.4 Å². The zero-order chi connectivity index (χ0) is 17.7. The first-order chi connectivity index (χ1) is 11.4. The third kappa shape index (κ3) is 4.38. The molecule has 0 atom stereocenters. The zero-order valence-electron chi connectivity index (χ0n) is 14.1. The molecule has 1 N–H and O–H groups in total. The molecule has 0 saturated carbocycles. The number of hydrogen-bond donors (Lipinski definition) is 1. The van der Waals surface area contributed by atoms with Gasteiger partial charge in [0.1, 0.15) is 0 Å². The molecule has 0 saturated heterocycles. The lowest BCUT2D eigenvalue weighted by Gasteiger charge is -2.09. The number of rotatable bonds is 5. The van der Waals surface area contributed by atoms with Crippen LogP contribution in [0.2, 0.25) is 0 Å². The molecule has 1 amide bonds. The average molecular weight is 390 g/mol. The van der Waals surface area contributed by atoms with Crippen molar-refractivity contribution in [3.63, 3.8) is 0 Å². The van der Waals surface area contributed by atoms with Gasteiger partial charge in [-0.1, -0.05) is 22.0 Å². The number of anilines is 1. The molecule has 2 aromatic rings. The van der Waals surface area contributed by atoms with Crippen LogP contribution < -0.4 is 14.8 Å². The lowest BCUT2D eigenvalue weighted by molar-refractivity contribution is -0.112. The minimum atomic E-state index is -0.147. The summed E-state index contributed by atoms with van der Waals surface area (Å²) in [5.41, 5.74) is 3.30. The molecule has 0 heterocycles. The Labute approximate surface area is 150 Å². The number of carbonyl (C=O) groups is 1. The van der Waals surface area contributed by atoms with Crippen molar-refractivity contribution in [1.29, 1.82) is 0 Å². The molecule has 4 nitrogen and oxygen atoms in total. The maximum atomic E-state index is 12.3. The number of halogens is 1. The Bertz CT molecular complexity index is 784. The molecule has 0 bridgehead atoms. The normalized spacial score (nSPS) is 11.1. The lowest BCUT2D eigenvalue weighted by atomic mass is 10.1. The molecule has 0 aliphatic carbocycles. The standard InChI is InChI=1S/C19H20BrNO3/c1-12-10-15(6-7-16(12)20)21-19(22)13(2)9-14-5-8-17(23-3)18(11-14)24-4/h5-11H,1-4H3,(H,21,22)/b13-9+. The van der Waals surface area contributed by atoms with E-state index in [-0.39, 0.29) is 5.91 Å². The molecule has 0 aliphatic rings. The smallest absolute Gasteiger partial charge is 0.251 e. The quantitative estimate of drug-likeness (QED) is 0.745. The van der Waals surface area contributed by atoms with Gasteiger partial charge in [-0.3, -0.25) is 4.79 Å². The van der Waals surface area contributed by atoms with E-state index < -0.39 is 0 Å². The van der Waals surface area contributed by atoms with E-state index in [1.54, 1.807) is 21.1 Å². The van der Waals surface area contributed by atoms with Gasteiger partial charge < -0.3 is 14.8 Å². The predicted molar refractivity (Wildman–Crippen MR) is 101 cm³/mol. The lowest BCUT2D eigenvalue weighted by Crippen LogP contribution is -2.12. The fraction of sp³-hybridized carbons (Fsp3) is 0.211. The van der Waals surface area contributed by atoms with Gasteiger partial charge in [-0.15, -0.1) is 0 Å². The third-order valence-corrected chi connectivity index (χ3v) is 4.45. The summed E-state index contributed by atoms with van der Waals surface area (Å²) in [6, 6.07) is 11.2. The Hall–Kier alpha value is -2.27. The number of hydrogen-bond acceptors (Lipinski definition) is 3. The van der Waals surface area contributed by atoms with Crippen molar-refractivity contribution in [1.82, 2.24) is 0 Å². The molecule has 5 heteroatoms. The number of ether oxygens (including phenoxy) is 2. The molecule has 0 aliphatic heterocycles. The summed E-state index contributed by atoms with van der Waals surface area (Å²) in [6.07, 6.45) is 1.81.